The van der Waals surface area contributed by atoms with Crippen molar-refractivity contribution >= 4 is 5.91 Å². The van der Waals surface area contributed by atoms with E-state index in [0.717, 1.165) is 30.5 Å². The Morgan fingerprint density at radius 1 is 1.12 bits per heavy atom. The van der Waals surface area contributed by atoms with Gasteiger partial charge >= 0.3 is 0 Å². The summed E-state index contributed by atoms with van der Waals surface area (Å²) >= 11 is 0. The Balaban J connectivity index is 1.66. The zero-order chi connectivity index (χ0) is 17.3. The van der Waals surface area contributed by atoms with Crippen molar-refractivity contribution in [1.29, 1.82) is 0 Å². The van der Waals surface area contributed by atoms with E-state index in [1.165, 1.54) is 12.1 Å². The molecule has 0 saturated carbocycles. The maximum Gasteiger partial charge on any atom is 0.256 e. The average Bonchev–Trinajstić information content (AvgIpc) is 2.99. The number of aryl methyl sites for hydroxylation is 1. The number of benzene rings is 2. The Kier molecular flexibility index (Phi) is 4.60. The lowest BCUT2D eigenvalue weighted by Crippen LogP contribution is -2.29. The van der Waals surface area contributed by atoms with Crippen LogP contribution in [0.25, 0.3) is 0 Å². The molecule has 2 nitrogen and oxygen atoms in total. The highest BCUT2D eigenvalue weighted by Crippen LogP contribution is 2.24. The number of hydrogen-bond acceptors (Lipinski definition) is 1. The molecule has 0 N–H and O–H groups in total. The van der Waals surface area contributed by atoms with Crippen molar-refractivity contribution in [3.8, 4) is 0 Å². The summed E-state index contributed by atoms with van der Waals surface area (Å²) in [5, 5.41) is 0. The van der Waals surface area contributed by atoms with Gasteiger partial charge in [-0.2, -0.15) is 0 Å². The molecule has 0 radical (unpaired) electrons. The Hall–Kier alpha value is -2.30. The normalized spacial score (nSPS) is 17.3. The monoisotopic (exact) mass is 333 g/mol. The fraction of sp³-hybridized carbons (Fsp3) is 0.316. The highest BCUT2D eigenvalue weighted by atomic mass is 19.1. The minimum absolute atomic E-state index is 0.102. The molecule has 24 heavy (non-hydrogen) atoms. The lowest BCUT2D eigenvalue weighted by Gasteiger charge is -2.17. The zero-order valence-corrected chi connectivity index (χ0v) is 13.4. The maximum absolute atomic E-state index is 13.8. The molecule has 0 spiro atoms. The molecule has 2 aromatic carbocycles. The van der Waals surface area contributed by atoms with E-state index in [-0.39, 0.29) is 17.3 Å². The van der Waals surface area contributed by atoms with Crippen molar-refractivity contribution in [2.24, 2.45) is 5.92 Å². The molecule has 1 atom stereocenters. The first-order valence-electron chi connectivity index (χ1n) is 7.93. The van der Waals surface area contributed by atoms with Crippen LogP contribution in [0.3, 0.4) is 0 Å². The molecule has 1 fully saturated rings. The van der Waals surface area contributed by atoms with Gasteiger partial charge in [0.1, 0.15) is 17.5 Å². The zero-order valence-electron chi connectivity index (χ0n) is 13.4. The molecule has 0 aromatic heterocycles. The van der Waals surface area contributed by atoms with Crippen LogP contribution in [-0.2, 0) is 6.42 Å². The molecular weight excluding hydrogens is 315 g/mol. The first-order valence-corrected chi connectivity index (χ1v) is 7.93. The molecule has 1 aliphatic heterocycles. The minimum Gasteiger partial charge on any atom is -0.338 e. The van der Waals surface area contributed by atoms with Crippen molar-refractivity contribution in [3.05, 3.63) is 70.5 Å². The topological polar surface area (TPSA) is 20.3 Å². The number of likely N-dealkylation sites (tertiary alicyclic amines) is 1. The van der Waals surface area contributed by atoms with E-state index in [1.807, 2.05) is 6.07 Å². The molecule has 126 valence electrons. The van der Waals surface area contributed by atoms with Crippen molar-refractivity contribution in [1.82, 2.24) is 4.90 Å². The maximum atomic E-state index is 13.8. The first kappa shape index (κ1) is 16.6. The van der Waals surface area contributed by atoms with Crippen LogP contribution in [0.1, 0.15) is 27.9 Å². The van der Waals surface area contributed by atoms with E-state index in [4.69, 9.17) is 0 Å². The SMILES string of the molecule is Cc1cc(CC2CCN(C(=O)c3ccc(F)cc3F)C2)ccc1F. The van der Waals surface area contributed by atoms with Crippen LogP contribution in [-0.4, -0.2) is 23.9 Å². The van der Waals surface area contributed by atoms with Crippen LogP contribution in [0.4, 0.5) is 13.2 Å². The van der Waals surface area contributed by atoms with Gasteiger partial charge in [-0.05, 0) is 55.0 Å². The predicted octanol–water partition coefficient (Wildman–Crippen LogP) is 4.12. The molecule has 1 amide bonds. The van der Waals surface area contributed by atoms with Crippen molar-refractivity contribution < 1.29 is 18.0 Å². The van der Waals surface area contributed by atoms with Crippen molar-refractivity contribution in [2.75, 3.05) is 13.1 Å². The van der Waals surface area contributed by atoms with E-state index >= 15 is 0 Å². The summed E-state index contributed by atoms with van der Waals surface area (Å²) in [6, 6.07) is 8.03. The van der Waals surface area contributed by atoms with Gasteiger partial charge in [0, 0.05) is 19.2 Å². The first-order chi connectivity index (χ1) is 11.4. The molecule has 5 heteroatoms. The van der Waals surface area contributed by atoms with Crippen LogP contribution in [0.15, 0.2) is 36.4 Å². The Labute approximate surface area is 138 Å². The van der Waals surface area contributed by atoms with E-state index in [1.54, 1.807) is 17.9 Å². The third kappa shape index (κ3) is 3.45. The van der Waals surface area contributed by atoms with Crippen molar-refractivity contribution in [2.45, 2.75) is 19.8 Å². The summed E-state index contributed by atoms with van der Waals surface area (Å²) in [5.41, 5.74) is 1.53. The van der Waals surface area contributed by atoms with Gasteiger partial charge < -0.3 is 4.90 Å². The molecule has 0 aliphatic carbocycles. The number of carbonyl (C=O) groups excluding carboxylic acids is 1. The highest BCUT2D eigenvalue weighted by Gasteiger charge is 2.28. The van der Waals surface area contributed by atoms with Gasteiger partial charge in [-0.25, -0.2) is 13.2 Å². The average molecular weight is 333 g/mol. The fourth-order valence-corrected chi connectivity index (χ4v) is 3.18. The summed E-state index contributed by atoms with van der Waals surface area (Å²) in [4.78, 5) is 14.0. The molecular formula is C19H18F3NO. The second-order valence-corrected chi connectivity index (χ2v) is 6.32. The van der Waals surface area contributed by atoms with Crippen molar-refractivity contribution in [3.63, 3.8) is 0 Å². The lowest BCUT2D eigenvalue weighted by molar-refractivity contribution is 0.0782. The molecule has 0 bridgehead atoms. The third-order valence-corrected chi connectivity index (χ3v) is 4.48. The lowest BCUT2D eigenvalue weighted by atomic mass is 9.97. The highest BCUT2D eigenvalue weighted by molar-refractivity contribution is 5.94. The van der Waals surface area contributed by atoms with E-state index < -0.39 is 17.5 Å². The quantitative estimate of drug-likeness (QED) is 0.827. The Morgan fingerprint density at radius 2 is 1.92 bits per heavy atom. The van der Waals surface area contributed by atoms with Gasteiger partial charge in [0.15, 0.2) is 0 Å². The number of halogens is 3. The van der Waals surface area contributed by atoms with E-state index in [0.29, 0.717) is 18.7 Å². The number of hydrogen-bond donors (Lipinski definition) is 0. The summed E-state index contributed by atoms with van der Waals surface area (Å²) in [5.74, 6) is -1.92. The van der Waals surface area contributed by atoms with Gasteiger partial charge in [0.25, 0.3) is 5.91 Å². The number of amides is 1. The summed E-state index contributed by atoms with van der Waals surface area (Å²) in [7, 11) is 0. The fourth-order valence-electron chi connectivity index (χ4n) is 3.18. The van der Waals surface area contributed by atoms with Crippen LogP contribution in [0.2, 0.25) is 0 Å². The summed E-state index contributed by atoms with van der Waals surface area (Å²) in [6.45, 7) is 2.78. The molecule has 1 saturated heterocycles. The van der Waals surface area contributed by atoms with Gasteiger partial charge in [-0.3, -0.25) is 4.79 Å². The summed E-state index contributed by atoms with van der Waals surface area (Å²) in [6.07, 6.45) is 1.56. The molecule has 1 aliphatic rings. The smallest absolute Gasteiger partial charge is 0.256 e. The Morgan fingerprint density at radius 3 is 2.62 bits per heavy atom. The van der Waals surface area contributed by atoms with Gasteiger partial charge in [-0.15, -0.1) is 0 Å². The second-order valence-electron chi connectivity index (χ2n) is 6.32. The van der Waals surface area contributed by atoms with Crippen LogP contribution >= 0.6 is 0 Å². The molecule has 2 aromatic rings. The van der Waals surface area contributed by atoms with Gasteiger partial charge in [0.2, 0.25) is 0 Å². The largest absolute Gasteiger partial charge is 0.338 e. The third-order valence-electron chi connectivity index (χ3n) is 4.48. The number of rotatable bonds is 3. The van der Waals surface area contributed by atoms with Crippen LogP contribution in [0.5, 0.6) is 0 Å². The Bertz CT molecular complexity index is 775. The predicted molar refractivity (Wildman–Crippen MR) is 85.2 cm³/mol. The van der Waals surface area contributed by atoms with Crippen LogP contribution < -0.4 is 0 Å². The number of carbonyl (C=O) groups is 1. The second kappa shape index (κ2) is 6.67. The van der Waals surface area contributed by atoms with Gasteiger partial charge in [0.05, 0.1) is 5.56 Å². The molecule has 1 heterocycles. The summed E-state index contributed by atoms with van der Waals surface area (Å²) < 4.78 is 40.0. The van der Waals surface area contributed by atoms with Crippen LogP contribution in [0, 0.1) is 30.3 Å². The minimum atomic E-state index is -0.836. The molecule has 1 unspecified atom stereocenters. The molecule has 3 rings (SSSR count). The standard InChI is InChI=1S/C19H18F3NO/c1-12-8-13(2-5-17(12)21)9-14-6-7-23(11-14)19(24)16-4-3-15(20)10-18(16)22/h2-5,8,10,14H,6-7,9,11H2,1H3. The van der Waals surface area contributed by atoms with Gasteiger partial charge in [-0.1, -0.05) is 12.1 Å². The van der Waals surface area contributed by atoms with E-state index in [2.05, 4.69) is 0 Å². The number of nitrogens with zero attached hydrogens (tertiary/aromatic N) is 1. The van der Waals surface area contributed by atoms with E-state index in [9.17, 15) is 18.0 Å².